The lowest BCUT2D eigenvalue weighted by molar-refractivity contribution is -0.221. The minimum atomic E-state index is -2.88. The zero-order chi connectivity index (χ0) is 42.3. The van der Waals surface area contributed by atoms with E-state index in [4.69, 9.17) is 9.47 Å². The number of allylic oxidation sites excluding steroid dienone is 5. The summed E-state index contributed by atoms with van der Waals surface area (Å²) in [6.45, 7) is 30.4. The monoisotopic (exact) mass is 823 g/mol. The molecule has 7 rings (SSSR count). The number of ether oxygens (including phenoxy) is 2. The molecule has 1 heterocycles. The van der Waals surface area contributed by atoms with Crippen molar-refractivity contribution in [2.45, 2.75) is 164 Å². The summed E-state index contributed by atoms with van der Waals surface area (Å²) in [5.41, 5.74) is 3.57. The highest BCUT2D eigenvalue weighted by Crippen LogP contribution is 2.76. The predicted molar refractivity (Wildman–Crippen MR) is 233 cm³/mol. The van der Waals surface area contributed by atoms with Crippen LogP contribution in [0.1, 0.15) is 146 Å². The first-order valence-corrected chi connectivity index (χ1v) is 25.0. The molecule has 4 saturated carbocycles. The molecule has 7 aliphatic rings. The third kappa shape index (κ3) is 7.13. The van der Waals surface area contributed by atoms with Gasteiger partial charge in [0.2, 0.25) is 0 Å². The van der Waals surface area contributed by atoms with Crippen molar-refractivity contribution in [3.63, 3.8) is 0 Å². The summed E-state index contributed by atoms with van der Waals surface area (Å²) in [4.78, 5) is 29.4. The fraction of sp³-hybridized carbons (Fsp3) is 0.837. The largest absolute Gasteiger partial charge is 0.462 e. The highest BCUT2D eigenvalue weighted by Gasteiger charge is 2.70. The number of nitrogens with one attached hydrogen (secondary N) is 1. The van der Waals surface area contributed by atoms with Crippen molar-refractivity contribution < 1.29 is 27.5 Å². The summed E-state index contributed by atoms with van der Waals surface area (Å²) < 4.78 is 35.6. The molecule has 1 N–H and O–H groups in total. The Morgan fingerprint density at radius 2 is 1.48 bits per heavy atom. The standard InChI is InChI=1S/C49H78N2O6S/c1-32(2)36-16-23-49(50-26-27-51-28-30-58(54,55)31-29-51)25-24-46(10)38(41(36)49)12-13-40-45(9)19-17-37(44(7,8)39(45)18-20-47(40,46)11)35-14-21-48(22-15-35,42(52)56-33(3)4)43(53)57-34(5)6/h14,17,33-34,36,38-41,50H,1,12-13,15-16,18-31H2,2-11H3. The van der Waals surface area contributed by atoms with Gasteiger partial charge in [0.15, 0.2) is 15.3 Å². The van der Waals surface area contributed by atoms with Crippen LogP contribution in [0.5, 0.6) is 0 Å². The molecular weight excluding hydrogens is 745 g/mol. The van der Waals surface area contributed by atoms with Crippen molar-refractivity contribution in [2.24, 2.45) is 56.7 Å². The van der Waals surface area contributed by atoms with Gasteiger partial charge in [-0.3, -0.25) is 9.59 Å². The molecule has 1 aliphatic heterocycles. The summed E-state index contributed by atoms with van der Waals surface area (Å²) in [5, 5.41) is 4.22. The molecule has 8 nitrogen and oxygen atoms in total. The fourth-order valence-corrected chi connectivity index (χ4v) is 16.5. The molecule has 0 aromatic carbocycles. The zero-order valence-corrected chi connectivity index (χ0v) is 38.8. The fourth-order valence-electron chi connectivity index (χ4n) is 15.2. The smallest absolute Gasteiger partial charge is 0.324 e. The Balaban J connectivity index is 1.12. The summed E-state index contributed by atoms with van der Waals surface area (Å²) in [6.07, 6.45) is 16.6. The Morgan fingerprint density at radius 1 is 0.828 bits per heavy atom. The molecule has 5 fully saturated rings. The molecule has 0 radical (unpaired) electrons. The lowest BCUT2D eigenvalue weighted by atomic mass is 9.33. The molecule has 9 unspecified atom stereocenters. The van der Waals surface area contributed by atoms with Crippen molar-refractivity contribution in [1.29, 1.82) is 0 Å². The average Bonchev–Trinajstić information content (AvgIpc) is 3.52. The number of esters is 2. The molecular formula is C49H78N2O6S. The number of hydrogen-bond acceptors (Lipinski definition) is 8. The molecule has 0 spiro atoms. The second-order valence-electron chi connectivity index (χ2n) is 22.2. The van der Waals surface area contributed by atoms with Gasteiger partial charge in [-0.2, -0.15) is 0 Å². The van der Waals surface area contributed by atoms with E-state index in [9.17, 15) is 18.0 Å². The number of sulfone groups is 1. The normalized spacial score (nSPS) is 40.3. The van der Waals surface area contributed by atoms with Gasteiger partial charge in [-0.05, 0) is 174 Å². The third-order valence-corrected chi connectivity index (χ3v) is 19.9. The lowest BCUT2D eigenvalue weighted by Crippen LogP contribution is -2.68. The summed E-state index contributed by atoms with van der Waals surface area (Å²) in [5.74, 6) is 2.64. The van der Waals surface area contributed by atoms with Crippen LogP contribution >= 0.6 is 0 Å². The number of nitrogens with zero attached hydrogens (tertiary/aromatic N) is 1. The Kier molecular flexibility index (Phi) is 11.7. The quantitative estimate of drug-likeness (QED) is 0.132. The van der Waals surface area contributed by atoms with Gasteiger partial charge in [0.25, 0.3) is 0 Å². The van der Waals surface area contributed by atoms with Gasteiger partial charge in [0.05, 0.1) is 23.7 Å². The van der Waals surface area contributed by atoms with Gasteiger partial charge < -0.3 is 19.7 Å². The third-order valence-electron chi connectivity index (χ3n) is 18.3. The number of carbonyl (C=O) groups is 2. The van der Waals surface area contributed by atoms with Crippen LogP contribution in [0.3, 0.4) is 0 Å². The number of carbonyl (C=O) groups excluding carboxylic acids is 2. The first kappa shape index (κ1) is 44.1. The molecule has 0 aromatic heterocycles. The van der Waals surface area contributed by atoms with E-state index >= 15 is 0 Å². The average molecular weight is 823 g/mol. The molecule has 326 valence electrons. The van der Waals surface area contributed by atoms with Crippen LogP contribution in [0.25, 0.3) is 0 Å². The van der Waals surface area contributed by atoms with E-state index in [0.717, 1.165) is 19.5 Å². The van der Waals surface area contributed by atoms with Crippen LogP contribution in [-0.2, 0) is 28.9 Å². The molecule has 58 heavy (non-hydrogen) atoms. The van der Waals surface area contributed by atoms with Crippen LogP contribution in [0.2, 0.25) is 0 Å². The summed E-state index contributed by atoms with van der Waals surface area (Å²) >= 11 is 0. The van der Waals surface area contributed by atoms with Crippen LogP contribution in [0.15, 0.2) is 35.5 Å². The number of fused-ring (bicyclic) bond motifs is 7. The molecule has 9 heteroatoms. The SMILES string of the molecule is C=C(C)C1CCC2(NCCN3CCS(=O)(=O)CC3)CCC3(C)C(CCC4C5(C)CC=C(C6=CCC(C(=O)OC(C)C)(C(=O)OC(C)C)CC6)C(C)(C)C5CCC43C)C12. The highest BCUT2D eigenvalue weighted by molar-refractivity contribution is 7.91. The molecule has 6 aliphatic carbocycles. The molecule has 9 atom stereocenters. The van der Waals surface area contributed by atoms with Gasteiger partial charge in [-0.25, -0.2) is 8.42 Å². The van der Waals surface area contributed by atoms with Crippen molar-refractivity contribution in [1.82, 2.24) is 10.2 Å². The van der Waals surface area contributed by atoms with Gasteiger partial charge in [-0.15, -0.1) is 0 Å². The number of rotatable bonds is 10. The minimum Gasteiger partial charge on any atom is -0.462 e. The van der Waals surface area contributed by atoms with Crippen molar-refractivity contribution in [3.8, 4) is 0 Å². The van der Waals surface area contributed by atoms with E-state index < -0.39 is 27.2 Å². The predicted octanol–water partition coefficient (Wildman–Crippen LogP) is 9.25. The van der Waals surface area contributed by atoms with Crippen molar-refractivity contribution in [2.75, 3.05) is 37.7 Å². The van der Waals surface area contributed by atoms with Crippen molar-refractivity contribution in [3.05, 3.63) is 35.5 Å². The molecule has 0 aromatic rings. The maximum Gasteiger partial charge on any atom is 0.324 e. The van der Waals surface area contributed by atoms with Gasteiger partial charge in [-0.1, -0.05) is 58.9 Å². The van der Waals surface area contributed by atoms with Crippen molar-refractivity contribution >= 4 is 21.8 Å². The Hall–Kier alpha value is -1.97. The summed E-state index contributed by atoms with van der Waals surface area (Å²) in [7, 11) is -2.88. The Labute approximate surface area is 352 Å². The Bertz CT molecular complexity index is 1780. The topological polar surface area (TPSA) is 102 Å². The Morgan fingerprint density at radius 3 is 2.07 bits per heavy atom. The zero-order valence-electron chi connectivity index (χ0n) is 37.9. The molecule has 0 amide bonds. The number of hydrogen-bond donors (Lipinski definition) is 1. The van der Waals surface area contributed by atoms with Crippen LogP contribution < -0.4 is 5.32 Å². The van der Waals surface area contributed by atoms with E-state index in [2.05, 4.69) is 70.5 Å². The second-order valence-corrected chi connectivity index (χ2v) is 24.5. The van der Waals surface area contributed by atoms with E-state index in [0.29, 0.717) is 73.4 Å². The van der Waals surface area contributed by atoms with E-state index in [-0.39, 0.29) is 39.4 Å². The van der Waals surface area contributed by atoms with Crippen LogP contribution in [0.4, 0.5) is 0 Å². The lowest BCUT2D eigenvalue weighted by Gasteiger charge is -2.72. The van der Waals surface area contributed by atoms with Gasteiger partial charge >= 0.3 is 11.9 Å². The first-order chi connectivity index (χ1) is 27.1. The highest BCUT2D eigenvalue weighted by atomic mass is 32.2. The second kappa shape index (κ2) is 15.4. The first-order valence-electron chi connectivity index (χ1n) is 23.2. The maximum absolute atomic E-state index is 13.5. The van der Waals surface area contributed by atoms with E-state index in [1.807, 2.05) is 27.7 Å². The summed E-state index contributed by atoms with van der Waals surface area (Å²) in [6, 6.07) is 0. The molecule has 0 bridgehead atoms. The van der Waals surface area contributed by atoms with E-state index in [1.165, 1.54) is 68.1 Å². The van der Waals surface area contributed by atoms with E-state index in [1.54, 1.807) is 0 Å². The maximum atomic E-state index is 13.5. The van der Waals surface area contributed by atoms with Gasteiger partial charge in [0, 0.05) is 31.7 Å². The van der Waals surface area contributed by atoms with Crippen LogP contribution in [0, 0.1) is 56.7 Å². The minimum absolute atomic E-state index is 0.0323. The van der Waals surface area contributed by atoms with Crippen LogP contribution in [-0.4, -0.2) is 80.7 Å². The van der Waals surface area contributed by atoms with Gasteiger partial charge in [0.1, 0.15) is 0 Å². The molecule has 1 saturated heterocycles.